The fourth-order valence-corrected chi connectivity index (χ4v) is 3.36. The van der Waals surface area contributed by atoms with E-state index in [1.807, 2.05) is 37.3 Å². The number of carbonyl (C=O) groups is 1. The number of methoxy groups -OCH3 is 1. The van der Waals surface area contributed by atoms with Gasteiger partial charge in [0, 0.05) is 51.2 Å². The largest absolute Gasteiger partial charge is 0.484 e. The summed E-state index contributed by atoms with van der Waals surface area (Å²) in [6.07, 6.45) is 0. The Bertz CT molecular complexity index is 800. The van der Waals surface area contributed by atoms with Crippen LogP contribution in [0.5, 0.6) is 5.75 Å². The molecule has 0 atom stereocenters. The molecule has 0 unspecified atom stereocenters. The third-order valence-corrected chi connectivity index (χ3v) is 5.35. The summed E-state index contributed by atoms with van der Waals surface area (Å²) in [7, 11) is 1.74. The molecule has 3 rings (SSSR count). The summed E-state index contributed by atoms with van der Waals surface area (Å²) in [5.41, 5.74) is 4.32. The van der Waals surface area contributed by atoms with Crippen molar-refractivity contribution < 1.29 is 14.3 Å². The van der Waals surface area contributed by atoms with E-state index in [4.69, 9.17) is 9.47 Å². The van der Waals surface area contributed by atoms with Crippen LogP contribution in [0.15, 0.2) is 42.5 Å². The lowest BCUT2D eigenvalue weighted by atomic mass is 10.1. The Hall–Kier alpha value is -2.57. The highest BCUT2D eigenvalue weighted by atomic mass is 16.5. The molecule has 0 spiro atoms. The van der Waals surface area contributed by atoms with Gasteiger partial charge in [0.2, 0.25) is 0 Å². The van der Waals surface area contributed by atoms with Crippen molar-refractivity contribution in [2.75, 3.05) is 63.3 Å². The van der Waals surface area contributed by atoms with Crippen LogP contribution in [0.4, 0.5) is 11.4 Å². The van der Waals surface area contributed by atoms with Crippen molar-refractivity contribution in [3.8, 4) is 5.75 Å². The Kier molecular flexibility index (Phi) is 7.49. The van der Waals surface area contributed by atoms with Crippen LogP contribution in [0.3, 0.4) is 0 Å². The van der Waals surface area contributed by atoms with Crippen LogP contribution in [-0.4, -0.2) is 63.9 Å². The predicted octanol–water partition coefficient (Wildman–Crippen LogP) is 3.09. The minimum atomic E-state index is -0.164. The molecule has 1 amide bonds. The number of piperazine rings is 1. The second-order valence-corrected chi connectivity index (χ2v) is 7.45. The van der Waals surface area contributed by atoms with Crippen LogP contribution < -0.4 is 15.0 Å². The molecule has 0 bridgehead atoms. The minimum absolute atomic E-state index is 0.00626. The van der Waals surface area contributed by atoms with Crippen LogP contribution in [0.2, 0.25) is 0 Å². The topological polar surface area (TPSA) is 54.0 Å². The van der Waals surface area contributed by atoms with Crippen LogP contribution in [0.25, 0.3) is 0 Å². The van der Waals surface area contributed by atoms with Gasteiger partial charge in [-0.3, -0.25) is 9.69 Å². The molecule has 0 aliphatic carbocycles. The van der Waals surface area contributed by atoms with Gasteiger partial charge in [0.15, 0.2) is 6.61 Å². The van der Waals surface area contributed by atoms with Crippen molar-refractivity contribution in [1.29, 1.82) is 0 Å². The van der Waals surface area contributed by atoms with Gasteiger partial charge >= 0.3 is 0 Å². The lowest BCUT2D eigenvalue weighted by molar-refractivity contribution is -0.118. The molecule has 6 heteroatoms. The van der Waals surface area contributed by atoms with Crippen LogP contribution in [-0.2, 0) is 9.53 Å². The third kappa shape index (κ3) is 6.21. The molecular formula is C23H31N3O3. The Morgan fingerprint density at radius 2 is 1.72 bits per heavy atom. The summed E-state index contributed by atoms with van der Waals surface area (Å²) < 4.78 is 10.8. The molecule has 0 aromatic heterocycles. The molecule has 2 aromatic carbocycles. The Morgan fingerprint density at radius 1 is 1.00 bits per heavy atom. The highest BCUT2D eigenvalue weighted by Crippen LogP contribution is 2.20. The van der Waals surface area contributed by atoms with E-state index in [1.165, 1.54) is 11.3 Å². The van der Waals surface area contributed by atoms with Crippen LogP contribution in [0.1, 0.15) is 11.1 Å². The summed E-state index contributed by atoms with van der Waals surface area (Å²) in [4.78, 5) is 17.0. The maximum atomic E-state index is 12.2. The molecule has 1 fully saturated rings. The zero-order chi connectivity index (χ0) is 20.6. The van der Waals surface area contributed by atoms with Crippen LogP contribution in [0, 0.1) is 13.8 Å². The van der Waals surface area contributed by atoms with Crippen molar-refractivity contribution in [2.24, 2.45) is 0 Å². The van der Waals surface area contributed by atoms with Gasteiger partial charge in [0.1, 0.15) is 5.75 Å². The summed E-state index contributed by atoms with van der Waals surface area (Å²) in [6, 6.07) is 13.8. The molecule has 1 heterocycles. The number of nitrogens with zero attached hydrogens (tertiary/aromatic N) is 2. The average Bonchev–Trinajstić information content (AvgIpc) is 2.74. The van der Waals surface area contributed by atoms with Gasteiger partial charge in [-0.15, -0.1) is 0 Å². The zero-order valence-electron chi connectivity index (χ0n) is 17.6. The normalized spacial score (nSPS) is 14.7. The Morgan fingerprint density at radius 3 is 2.38 bits per heavy atom. The number of carbonyl (C=O) groups excluding carboxylic acids is 1. The smallest absolute Gasteiger partial charge is 0.262 e. The molecule has 29 heavy (non-hydrogen) atoms. The summed E-state index contributed by atoms with van der Waals surface area (Å²) in [5, 5.41) is 2.89. The van der Waals surface area contributed by atoms with E-state index >= 15 is 0 Å². The van der Waals surface area contributed by atoms with E-state index < -0.39 is 0 Å². The van der Waals surface area contributed by atoms with E-state index in [9.17, 15) is 4.79 Å². The summed E-state index contributed by atoms with van der Waals surface area (Å²) in [5.74, 6) is 0.547. The number of hydrogen-bond acceptors (Lipinski definition) is 5. The van der Waals surface area contributed by atoms with Gasteiger partial charge in [0.25, 0.3) is 5.91 Å². The lowest BCUT2D eigenvalue weighted by Gasteiger charge is -2.36. The van der Waals surface area contributed by atoms with Crippen LogP contribution >= 0.6 is 0 Å². The highest BCUT2D eigenvalue weighted by Gasteiger charge is 2.16. The number of amides is 1. The maximum Gasteiger partial charge on any atom is 0.262 e. The number of nitrogens with one attached hydrogen (secondary N) is 1. The molecule has 6 nitrogen and oxygen atoms in total. The van der Waals surface area contributed by atoms with Gasteiger partial charge in [-0.25, -0.2) is 0 Å². The molecule has 1 N–H and O–H groups in total. The molecular weight excluding hydrogens is 366 g/mol. The molecule has 156 valence electrons. The average molecular weight is 398 g/mol. The number of anilines is 2. The lowest BCUT2D eigenvalue weighted by Crippen LogP contribution is -2.47. The van der Waals surface area contributed by atoms with Crippen molar-refractivity contribution in [3.63, 3.8) is 0 Å². The van der Waals surface area contributed by atoms with Gasteiger partial charge < -0.3 is 19.7 Å². The molecule has 1 aliphatic heterocycles. The number of rotatable bonds is 8. The Balaban J connectivity index is 1.45. The number of ether oxygens (including phenoxy) is 2. The number of benzene rings is 2. The maximum absolute atomic E-state index is 12.2. The third-order valence-electron chi connectivity index (χ3n) is 5.35. The van der Waals surface area contributed by atoms with Gasteiger partial charge in [-0.2, -0.15) is 0 Å². The van der Waals surface area contributed by atoms with Crippen molar-refractivity contribution >= 4 is 17.3 Å². The fraction of sp³-hybridized carbons (Fsp3) is 0.435. The second kappa shape index (κ2) is 10.3. The first-order valence-electron chi connectivity index (χ1n) is 10.1. The first-order valence-corrected chi connectivity index (χ1v) is 10.1. The first kappa shape index (κ1) is 21.1. The number of aryl methyl sites for hydroxylation is 2. The summed E-state index contributed by atoms with van der Waals surface area (Å²) >= 11 is 0. The van der Waals surface area contributed by atoms with E-state index in [2.05, 4.69) is 34.2 Å². The Labute approximate surface area is 173 Å². The van der Waals surface area contributed by atoms with Gasteiger partial charge in [-0.1, -0.05) is 6.07 Å². The van der Waals surface area contributed by atoms with E-state index in [0.29, 0.717) is 5.75 Å². The quantitative estimate of drug-likeness (QED) is 0.742. The van der Waals surface area contributed by atoms with Crippen molar-refractivity contribution in [2.45, 2.75) is 13.8 Å². The summed E-state index contributed by atoms with van der Waals surface area (Å²) in [6.45, 7) is 9.92. The standard InChI is InChI=1S/C23H31N3O3/c1-18-4-9-22(16-19(18)2)29-17-23(27)24-20-5-7-21(8-6-20)26-12-10-25(11-13-26)14-15-28-3/h4-9,16H,10-15,17H2,1-3H3,(H,24,27). The van der Waals surface area contributed by atoms with E-state index in [1.54, 1.807) is 7.11 Å². The van der Waals surface area contributed by atoms with Gasteiger partial charge in [0.05, 0.1) is 6.61 Å². The van der Waals surface area contributed by atoms with E-state index in [0.717, 1.165) is 50.6 Å². The molecule has 2 aromatic rings. The van der Waals surface area contributed by atoms with E-state index in [-0.39, 0.29) is 12.5 Å². The predicted molar refractivity (Wildman–Crippen MR) is 117 cm³/mol. The molecule has 1 saturated heterocycles. The second-order valence-electron chi connectivity index (χ2n) is 7.45. The molecule has 1 aliphatic rings. The molecule has 0 saturated carbocycles. The zero-order valence-corrected chi connectivity index (χ0v) is 17.6. The minimum Gasteiger partial charge on any atom is -0.484 e. The molecule has 0 radical (unpaired) electrons. The number of hydrogen-bond donors (Lipinski definition) is 1. The SMILES string of the molecule is COCCN1CCN(c2ccc(NC(=O)COc3ccc(C)c(C)c3)cc2)CC1. The van der Waals surface area contributed by atoms with Gasteiger partial charge in [-0.05, 0) is 61.4 Å². The highest BCUT2D eigenvalue weighted by molar-refractivity contribution is 5.92. The first-order chi connectivity index (χ1) is 14.0. The fourth-order valence-electron chi connectivity index (χ4n) is 3.36. The van der Waals surface area contributed by atoms with Crippen molar-refractivity contribution in [1.82, 2.24) is 4.90 Å². The monoisotopic (exact) mass is 397 g/mol. The van der Waals surface area contributed by atoms with Crippen molar-refractivity contribution in [3.05, 3.63) is 53.6 Å².